The number of carbonyl (C=O) groups is 2. The second-order valence-electron chi connectivity index (χ2n) is 4.22. The average molecular weight is 212 g/mol. The third-order valence-electron chi connectivity index (χ3n) is 3.24. The Morgan fingerprint density at radius 2 is 2.07 bits per heavy atom. The minimum Gasteiger partial charge on any atom is -0.480 e. The van der Waals surface area contributed by atoms with Gasteiger partial charge in [0.1, 0.15) is 6.04 Å². The zero-order chi connectivity index (χ0) is 10.8. The Labute approximate surface area is 88.4 Å². The molecule has 84 valence electrons. The molecule has 15 heavy (non-hydrogen) atoms. The van der Waals surface area contributed by atoms with E-state index in [1.165, 1.54) is 0 Å². The van der Waals surface area contributed by atoms with Crippen molar-refractivity contribution in [3.05, 3.63) is 0 Å². The van der Waals surface area contributed by atoms with Crippen LogP contribution in [0.15, 0.2) is 0 Å². The number of hydrogen-bond donors (Lipinski definition) is 2. The molecule has 5 heteroatoms. The van der Waals surface area contributed by atoms with Gasteiger partial charge in [0.05, 0.1) is 6.54 Å². The summed E-state index contributed by atoms with van der Waals surface area (Å²) in [6.07, 6.45) is 4.12. The molecular formula is C10H16N2O3. The number of rotatable bonds is 2. The van der Waals surface area contributed by atoms with Gasteiger partial charge in [-0.3, -0.25) is 4.79 Å². The number of amides is 1. The van der Waals surface area contributed by atoms with Crippen molar-refractivity contribution in [2.45, 2.75) is 37.8 Å². The maximum Gasteiger partial charge on any atom is 0.327 e. The predicted octanol–water partition coefficient (Wildman–Crippen LogP) is -0.186. The molecule has 2 rings (SSSR count). The molecule has 1 amide bonds. The Balaban J connectivity index is 2.14. The van der Waals surface area contributed by atoms with Crippen molar-refractivity contribution >= 4 is 11.9 Å². The van der Waals surface area contributed by atoms with E-state index in [1.807, 2.05) is 0 Å². The zero-order valence-electron chi connectivity index (χ0n) is 8.61. The summed E-state index contributed by atoms with van der Waals surface area (Å²) in [5.41, 5.74) is 0. The molecule has 0 aromatic rings. The Morgan fingerprint density at radius 3 is 2.67 bits per heavy atom. The molecule has 2 N–H and O–H groups in total. The summed E-state index contributed by atoms with van der Waals surface area (Å²) in [4.78, 5) is 24.3. The fraction of sp³-hybridized carbons (Fsp3) is 0.800. The first-order valence-electron chi connectivity index (χ1n) is 5.45. The number of aliphatic carboxylic acids is 1. The van der Waals surface area contributed by atoms with Gasteiger partial charge in [-0.25, -0.2) is 4.79 Å². The van der Waals surface area contributed by atoms with E-state index in [0.29, 0.717) is 6.54 Å². The van der Waals surface area contributed by atoms with Crippen LogP contribution in [-0.2, 0) is 9.59 Å². The van der Waals surface area contributed by atoms with Crippen molar-refractivity contribution < 1.29 is 14.7 Å². The van der Waals surface area contributed by atoms with Gasteiger partial charge in [0, 0.05) is 12.6 Å². The number of nitrogens with one attached hydrogen (secondary N) is 1. The van der Waals surface area contributed by atoms with Crippen LogP contribution in [-0.4, -0.2) is 47.1 Å². The summed E-state index contributed by atoms with van der Waals surface area (Å²) < 4.78 is 0. The van der Waals surface area contributed by atoms with Crippen LogP contribution in [0.25, 0.3) is 0 Å². The van der Waals surface area contributed by atoms with Crippen LogP contribution in [0, 0.1) is 0 Å². The minimum atomic E-state index is -0.901. The fourth-order valence-corrected chi connectivity index (χ4v) is 2.53. The van der Waals surface area contributed by atoms with Crippen LogP contribution in [0.4, 0.5) is 0 Å². The molecule has 1 unspecified atom stereocenters. The van der Waals surface area contributed by atoms with Crippen molar-refractivity contribution in [3.8, 4) is 0 Å². The molecule has 1 aliphatic carbocycles. The molecule has 0 spiro atoms. The van der Waals surface area contributed by atoms with Gasteiger partial charge >= 0.3 is 5.97 Å². The van der Waals surface area contributed by atoms with E-state index < -0.39 is 12.0 Å². The van der Waals surface area contributed by atoms with Crippen LogP contribution in [0.2, 0.25) is 0 Å². The van der Waals surface area contributed by atoms with Crippen molar-refractivity contribution in [2.75, 3.05) is 13.1 Å². The summed E-state index contributed by atoms with van der Waals surface area (Å²) >= 11 is 0. The fourth-order valence-electron chi connectivity index (χ4n) is 2.53. The van der Waals surface area contributed by atoms with Crippen LogP contribution in [0.3, 0.4) is 0 Å². The van der Waals surface area contributed by atoms with Crippen molar-refractivity contribution in [1.29, 1.82) is 0 Å². The Morgan fingerprint density at radius 1 is 1.40 bits per heavy atom. The molecule has 1 heterocycles. The smallest absolute Gasteiger partial charge is 0.327 e. The quantitative estimate of drug-likeness (QED) is 0.666. The number of piperazine rings is 1. The van der Waals surface area contributed by atoms with Crippen LogP contribution >= 0.6 is 0 Å². The molecule has 1 atom stereocenters. The monoisotopic (exact) mass is 212 g/mol. The molecule has 1 saturated heterocycles. The van der Waals surface area contributed by atoms with Gasteiger partial charge in [0.2, 0.25) is 5.91 Å². The lowest BCUT2D eigenvalue weighted by atomic mass is 10.1. The maximum atomic E-state index is 11.7. The molecule has 0 aromatic carbocycles. The highest BCUT2D eigenvalue weighted by Gasteiger charge is 2.38. The second kappa shape index (κ2) is 4.18. The topological polar surface area (TPSA) is 69.6 Å². The first-order valence-corrected chi connectivity index (χ1v) is 5.45. The van der Waals surface area contributed by atoms with Crippen molar-refractivity contribution in [2.24, 2.45) is 0 Å². The molecule has 0 radical (unpaired) electrons. The third kappa shape index (κ3) is 1.97. The number of hydrogen-bond acceptors (Lipinski definition) is 3. The second-order valence-corrected chi connectivity index (χ2v) is 4.22. The normalized spacial score (nSPS) is 28.4. The van der Waals surface area contributed by atoms with Gasteiger partial charge in [-0.1, -0.05) is 12.8 Å². The standard InChI is InChI=1S/C10H16N2O3/c13-9-6-11-5-8(10(14)15)12(9)7-3-1-2-4-7/h7-8,11H,1-6H2,(H,14,15). The van der Waals surface area contributed by atoms with E-state index in [9.17, 15) is 9.59 Å². The molecule has 2 aliphatic rings. The summed E-state index contributed by atoms with van der Waals surface area (Å²) in [7, 11) is 0. The van der Waals surface area contributed by atoms with Gasteiger partial charge in [-0.05, 0) is 12.8 Å². The van der Waals surface area contributed by atoms with Gasteiger partial charge in [0.25, 0.3) is 0 Å². The first-order chi connectivity index (χ1) is 7.20. The molecule has 1 saturated carbocycles. The molecule has 0 aromatic heterocycles. The minimum absolute atomic E-state index is 0.0689. The third-order valence-corrected chi connectivity index (χ3v) is 3.24. The zero-order valence-corrected chi connectivity index (χ0v) is 8.61. The number of carbonyl (C=O) groups excluding carboxylic acids is 1. The number of nitrogens with zero attached hydrogens (tertiary/aromatic N) is 1. The van der Waals surface area contributed by atoms with Gasteiger partial charge in [0.15, 0.2) is 0 Å². The molecule has 0 bridgehead atoms. The predicted molar refractivity (Wildman–Crippen MR) is 53.4 cm³/mol. The number of carboxylic acid groups (broad SMARTS) is 1. The molecule has 5 nitrogen and oxygen atoms in total. The molecule has 1 aliphatic heterocycles. The lowest BCUT2D eigenvalue weighted by Gasteiger charge is -2.37. The lowest BCUT2D eigenvalue weighted by molar-refractivity contribution is -0.154. The summed E-state index contributed by atoms with van der Waals surface area (Å²) in [5.74, 6) is -0.969. The molecule has 2 fully saturated rings. The van der Waals surface area contributed by atoms with Crippen molar-refractivity contribution in [3.63, 3.8) is 0 Å². The van der Waals surface area contributed by atoms with Gasteiger partial charge in [-0.15, -0.1) is 0 Å². The highest BCUT2D eigenvalue weighted by atomic mass is 16.4. The average Bonchev–Trinajstić information content (AvgIpc) is 2.70. The maximum absolute atomic E-state index is 11.7. The van der Waals surface area contributed by atoms with E-state index in [0.717, 1.165) is 25.7 Å². The van der Waals surface area contributed by atoms with Crippen LogP contribution < -0.4 is 5.32 Å². The summed E-state index contributed by atoms with van der Waals surface area (Å²) in [5, 5.41) is 11.9. The van der Waals surface area contributed by atoms with Gasteiger partial charge < -0.3 is 15.3 Å². The summed E-state index contributed by atoms with van der Waals surface area (Å²) in [6.45, 7) is 0.651. The Kier molecular flexibility index (Phi) is 2.90. The van der Waals surface area contributed by atoms with Crippen molar-refractivity contribution in [1.82, 2.24) is 10.2 Å². The van der Waals surface area contributed by atoms with Crippen LogP contribution in [0.1, 0.15) is 25.7 Å². The SMILES string of the molecule is O=C(O)C1CNCC(=O)N1C1CCCC1. The van der Waals surface area contributed by atoms with E-state index in [1.54, 1.807) is 4.90 Å². The van der Waals surface area contributed by atoms with E-state index >= 15 is 0 Å². The van der Waals surface area contributed by atoms with E-state index in [-0.39, 0.29) is 18.5 Å². The Hall–Kier alpha value is -1.10. The van der Waals surface area contributed by atoms with Gasteiger partial charge in [-0.2, -0.15) is 0 Å². The van der Waals surface area contributed by atoms with E-state index in [2.05, 4.69) is 5.32 Å². The Bertz CT molecular complexity index is 274. The van der Waals surface area contributed by atoms with Crippen LogP contribution in [0.5, 0.6) is 0 Å². The number of carboxylic acids is 1. The van der Waals surface area contributed by atoms with E-state index in [4.69, 9.17) is 5.11 Å². The largest absolute Gasteiger partial charge is 0.480 e. The lowest BCUT2D eigenvalue weighted by Crippen LogP contribution is -2.60. The molecular weight excluding hydrogens is 196 g/mol. The summed E-state index contributed by atoms with van der Waals surface area (Å²) in [6, 6.07) is -0.518. The highest BCUT2D eigenvalue weighted by molar-refractivity contribution is 5.86. The highest BCUT2D eigenvalue weighted by Crippen LogP contribution is 2.26. The first kappa shape index (κ1) is 10.4.